The van der Waals surface area contributed by atoms with Crippen LogP contribution in [0.2, 0.25) is 0 Å². The van der Waals surface area contributed by atoms with Crippen LogP contribution in [0.4, 0.5) is 4.39 Å². The third-order valence-corrected chi connectivity index (χ3v) is 6.47. The average molecular weight is 344 g/mol. The number of likely N-dealkylation sites (tertiary alicyclic amines) is 1. The van der Waals surface area contributed by atoms with Crippen LogP contribution >= 0.6 is 0 Å². The standard InChI is InChI=1S/C16H25FN2O3S/c1-3-23(21,22)18(2)15-8-10-19(11-9-15)12-16(20)13-4-6-14(17)7-5-13/h4-7,15-16,20H,3,8-12H2,1-2H3. The average Bonchev–Trinajstić information content (AvgIpc) is 2.55. The molecular formula is C16H25FN2O3S. The van der Waals surface area contributed by atoms with Gasteiger partial charge in [0.1, 0.15) is 5.82 Å². The van der Waals surface area contributed by atoms with Crippen LogP contribution < -0.4 is 0 Å². The molecule has 0 aromatic heterocycles. The Balaban J connectivity index is 1.86. The second kappa shape index (κ2) is 7.70. The first-order chi connectivity index (χ1) is 10.8. The van der Waals surface area contributed by atoms with Gasteiger partial charge in [-0.15, -0.1) is 0 Å². The van der Waals surface area contributed by atoms with E-state index in [1.165, 1.54) is 16.4 Å². The van der Waals surface area contributed by atoms with E-state index in [-0.39, 0.29) is 17.6 Å². The molecule has 1 saturated heterocycles. The summed E-state index contributed by atoms with van der Waals surface area (Å²) >= 11 is 0. The number of β-amino-alcohol motifs (C(OH)–C–C–N with tert-alkyl or cyclic N) is 1. The Morgan fingerprint density at radius 2 is 1.87 bits per heavy atom. The second-order valence-corrected chi connectivity index (χ2v) is 8.33. The normalized spacial score (nSPS) is 19.2. The van der Waals surface area contributed by atoms with Gasteiger partial charge in [0.2, 0.25) is 10.0 Å². The zero-order valence-corrected chi connectivity index (χ0v) is 14.5. The van der Waals surface area contributed by atoms with E-state index in [9.17, 15) is 17.9 Å². The number of sulfonamides is 1. The Kier molecular flexibility index (Phi) is 6.13. The van der Waals surface area contributed by atoms with Crippen LogP contribution in [0.1, 0.15) is 31.4 Å². The van der Waals surface area contributed by atoms with Gasteiger partial charge in [0.05, 0.1) is 11.9 Å². The Labute approximate surface area is 137 Å². The molecule has 1 fully saturated rings. The van der Waals surface area contributed by atoms with E-state index in [0.717, 1.165) is 25.9 Å². The fraction of sp³-hybridized carbons (Fsp3) is 0.625. The van der Waals surface area contributed by atoms with Gasteiger partial charge in [0, 0.05) is 19.6 Å². The molecule has 1 aliphatic heterocycles. The molecule has 0 saturated carbocycles. The van der Waals surface area contributed by atoms with Crippen LogP contribution in [0.3, 0.4) is 0 Å². The van der Waals surface area contributed by atoms with Gasteiger partial charge in [-0.05, 0) is 50.6 Å². The van der Waals surface area contributed by atoms with Gasteiger partial charge in [0.25, 0.3) is 0 Å². The number of hydrogen-bond donors (Lipinski definition) is 1. The van der Waals surface area contributed by atoms with Crippen molar-refractivity contribution >= 4 is 10.0 Å². The largest absolute Gasteiger partial charge is 0.387 e. The fourth-order valence-electron chi connectivity index (χ4n) is 2.93. The van der Waals surface area contributed by atoms with Crippen molar-refractivity contribution in [2.24, 2.45) is 0 Å². The molecule has 0 aliphatic carbocycles. The van der Waals surface area contributed by atoms with Gasteiger partial charge in [0.15, 0.2) is 0 Å². The van der Waals surface area contributed by atoms with Crippen LogP contribution in [0, 0.1) is 5.82 Å². The molecule has 0 bridgehead atoms. The molecule has 130 valence electrons. The highest BCUT2D eigenvalue weighted by Gasteiger charge is 2.29. The lowest BCUT2D eigenvalue weighted by Gasteiger charge is -2.36. The molecule has 1 unspecified atom stereocenters. The number of piperidine rings is 1. The first-order valence-electron chi connectivity index (χ1n) is 7.95. The lowest BCUT2D eigenvalue weighted by atomic mass is 10.0. The lowest BCUT2D eigenvalue weighted by Crippen LogP contribution is -2.46. The number of benzene rings is 1. The van der Waals surface area contributed by atoms with E-state index in [2.05, 4.69) is 4.90 Å². The van der Waals surface area contributed by atoms with Gasteiger partial charge in [-0.1, -0.05) is 12.1 Å². The van der Waals surface area contributed by atoms with Crippen molar-refractivity contribution in [2.45, 2.75) is 31.9 Å². The fourth-order valence-corrected chi connectivity index (χ4v) is 4.00. The Morgan fingerprint density at radius 1 is 1.30 bits per heavy atom. The molecule has 0 amide bonds. The molecule has 1 N–H and O–H groups in total. The van der Waals surface area contributed by atoms with Crippen molar-refractivity contribution in [1.82, 2.24) is 9.21 Å². The maximum atomic E-state index is 12.9. The second-order valence-electron chi connectivity index (χ2n) is 6.02. The minimum Gasteiger partial charge on any atom is -0.387 e. The molecule has 7 heteroatoms. The number of hydrogen-bond acceptors (Lipinski definition) is 4. The summed E-state index contributed by atoms with van der Waals surface area (Å²) in [4.78, 5) is 2.12. The predicted molar refractivity (Wildman–Crippen MR) is 88.0 cm³/mol. The third-order valence-electron chi connectivity index (χ3n) is 4.56. The molecule has 1 heterocycles. The lowest BCUT2D eigenvalue weighted by molar-refractivity contribution is 0.0871. The van der Waals surface area contributed by atoms with E-state index in [1.54, 1.807) is 26.1 Å². The number of aliphatic hydroxyl groups is 1. The monoisotopic (exact) mass is 344 g/mol. The van der Waals surface area contributed by atoms with Crippen molar-refractivity contribution in [2.75, 3.05) is 32.4 Å². The maximum Gasteiger partial charge on any atom is 0.213 e. The van der Waals surface area contributed by atoms with Gasteiger partial charge in [-0.2, -0.15) is 0 Å². The molecule has 0 radical (unpaired) electrons. The van der Waals surface area contributed by atoms with Crippen LogP contribution in [-0.4, -0.2) is 61.2 Å². The van der Waals surface area contributed by atoms with Crippen molar-refractivity contribution in [1.29, 1.82) is 0 Å². The summed E-state index contributed by atoms with van der Waals surface area (Å²) in [6.07, 6.45) is 0.849. The van der Waals surface area contributed by atoms with E-state index in [4.69, 9.17) is 0 Å². The smallest absolute Gasteiger partial charge is 0.213 e. The first-order valence-corrected chi connectivity index (χ1v) is 9.56. The highest BCUT2D eigenvalue weighted by atomic mass is 32.2. The minimum atomic E-state index is -3.16. The van der Waals surface area contributed by atoms with E-state index >= 15 is 0 Å². The highest BCUT2D eigenvalue weighted by Crippen LogP contribution is 2.21. The Morgan fingerprint density at radius 3 is 2.39 bits per heavy atom. The predicted octanol–water partition coefficient (Wildman–Crippen LogP) is 1.60. The van der Waals surface area contributed by atoms with E-state index in [0.29, 0.717) is 12.1 Å². The Bertz CT molecular complexity index is 598. The van der Waals surface area contributed by atoms with Crippen LogP contribution in [0.25, 0.3) is 0 Å². The molecule has 1 atom stereocenters. The quantitative estimate of drug-likeness (QED) is 0.852. The van der Waals surface area contributed by atoms with Crippen molar-refractivity contribution < 1.29 is 17.9 Å². The molecule has 1 aliphatic rings. The number of halogens is 1. The molecule has 0 spiro atoms. The summed E-state index contributed by atoms with van der Waals surface area (Å²) < 4.78 is 38.2. The number of aliphatic hydroxyl groups excluding tert-OH is 1. The van der Waals surface area contributed by atoms with Crippen LogP contribution in [0.15, 0.2) is 24.3 Å². The third kappa shape index (κ3) is 4.73. The summed E-state index contributed by atoms with van der Waals surface area (Å²) in [6, 6.07) is 5.90. The van der Waals surface area contributed by atoms with Crippen LogP contribution in [0.5, 0.6) is 0 Å². The Hall–Kier alpha value is -1.02. The zero-order valence-electron chi connectivity index (χ0n) is 13.7. The van der Waals surface area contributed by atoms with Gasteiger partial charge in [-0.25, -0.2) is 17.1 Å². The van der Waals surface area contributed by atoms with Crippen molar-refractivity contribution in [3.8, 4) is 0 Å². The summed E-state index contributed by atoms with van der Waals surface area (Å²) in [5.74, 6) is -0.200. The molecule has 2 rings (SSSR count). The summed E-state index contributed by atoms with van der Waals surface area (Å²) in [7, 11) is -1.51. The maximum absolute atomic E-state index is 12.9. The number of rotatable bonds is 6. The molecule has 1 aromatic rings. The van der Waals surface area contributed by atoms with Crippen molar-refractivity contribution in [3.05, 3.63) is 35.6 Å². The summed E-state index contributed by atoms with van der Waals surface area (Å²) in [5.41, 5.74) is 0.694. The van der Waals surface area contributed by atoms with Crippen molar-refractivity contribution in [3.63, 3.8) is 0 Å². The molecule has 23 heavy (non-hydrogen) atoms. The molecular weight excluding hydrogens is 319 g/mol. The first kappa shape index (κ1) is 18.3. The van der Waals surface area contributed by atoms with E-state index in [1.807, 2.05) is 0 Å². The SMILES string of the molecule is CCS(=O)(=O)N(C)C1CCN(CC(O)c2ccc(F)cc2)CC1. The van der Waals surface area contributed by atoms with Gasteiger partial charge < -0.3 is 10.0 Å². The summed E-state index contributed by atoms with van der Waals surface area (Å²) in [5, 5.41) is 10.2. The van der Waals surface area contributed by atoms with Crippen LogP contribution in [-0.2, 0) is 10.0 Å². The summed E-state index contributed by atoms with van der Waals surface area (Å²) in [6.45, 7) is 3.61. The van der Waals surface area contributed by atoms with Gasteiger partial charge in [-0.3, -0.25) is 0 Å². The zero-order chi connectivity index (χ0) is 17.0. The number of nitrogens with zero attached hydrogens (tertiary/aromatic N) is 2. The van der Waals surface area contributed by atoms with Gasteiger partial charge >= 0.3 is 0 Å². The molecule has 1 aromatic carbocycles. The molecule has 5 nitrogen and oxygen atoms in total. The minimum absolute atomic E-state index is 0.0270. The highest BCUT2D eigenvalue weighted by molar-refractivity contribution is 7.89. The van der Waals surface area contributed by atoms with E-state index < -0.39 is 16.1 Å². The topological polar surface area (TPSA) is 60.9 Å².